The van der Waals surface area contributed by atoms with Gasteiger partial charge in [0.1, 0.15) is 5.82 Å². The minimum Gasteiger partial charge on any atom is -0.293 e. The molecule has 2 aromatic carbocycles. The molecule has 1 unspecified atom stereocenters. The third-order valence-corrected chi connectivity index (χ3v) is 5.32. The van der Waals surface area contributed by atoms with Gasteiger partial charge in [-0.2, -0.15) is 0 Å². The molecular formula is C25H22ClN3. The third kappa shape index (κ3) is 3.87. The molecule has 0 spiro atoms. The van der Waals surface area contributed by atoms with Gasteiger partial charge in [-0.15, -0.1) is 11.6 Å². The topological polar surface area (TPSA) is 30.2 Å². The van der Waals surface area contributed by atoms with Gasteiger partial charge in [-0.3, -0.25) is 9.56 Å². The zero-order valence-corrected chi connectivity index (χ0v) is 17.1. The summed E-state index contributed by atoms with van der Waals surface area (Å²) in [6.07, 6.45) is 12.8. The molecule has 1 aliphatic carbocycles. The lowest BCUT2D eigenvalue weighted by Gasteiger charge is -2.15. The van der Waals surface area contributed by atoms with Crippen molar-refractivity contribution in [2.24, 2.45) is 4.99 Å². The van der Waals surface area contributed by atoms with E-state index >= 15 is 0 Å². The van der Waals surface area contributed by atoms with Crippen molar-refractivity contribution in [3.05, 3.63) is 90.7 Å². The SMILES string of the molecule is C=N/C=C\C(=C/C)c1ccc(-c2nc3ccccc3n2C2=CCC(Cl)C=C2)cc1. The van der Waals surface area contributed by atoms with E-state index < -0.39 is 0 Å². The molecule has 3 aromatic rings. The highest BCUT2D eigenvalue weighted by Gasteiger charge is 2.16. The van der Waals surface area contributed by atoms with Crippen LogP contribution in [0.4, 0.5) is 0 Å². The Morgan fingerprint density at radius 2 is 2.00 bits per heavy atom. The molecule has 1 atom stereocenters. The average molecular weight is 400 g/mol. The normalized spacial score (nSPS) is 17.1. The van der Waals surface area contributed by atoms with Crippen LogP contribution in [-0.4, -0.2) is 21.6 Å². The van der Waals surface area contributed by atoms with Crippen LogP contribution in [0.5, 0.6) is 0 Å². The van der Waals surface area contributed by atoms with E-state index in [4.69, 9.17) is 16.6 Å². The smallest absolute Gasteiger partial charge is 0.145 e. The molecule has 0 fully saturated rings. The van der Waals surface area contributed by atoms with Gasteiger partial charge in [0, 0.05) is 17.5 Å². The van der Waals surface area contributed by atoms with Gasteiger partial charge < -0.3 is 0 Å². The van der Waals surface area contributed by atoms with E-state index in [9.17, 15) is 0 Å². The summed E-state index contributed by atoms with van der Waals surface area (Å²) < 4.78 is 2.21. The van der Waals surface area contributed by atoms with Crippen molar-refractivity contribution in [3.63, 3.8) is 0 Å². The molecule has 0 aliphatic heterocycles. The van der Waals surface area contributed by atoms with Gasteiger partial charge >= 0.3 is 0 Å². The minimum atomic E-state index is 0.0497. The first-order valence-corrected chi connectivity index (χ1v) is 10.0. The van der Waals surface area contributed by atoms with Crippen LogP contribution in [0.1, 0.15) is 18.9 Å². The third-order valence-electron chi connectivity index (χ3n) is 4.99. The molecule has 3 nitrogen and oxygen atoms in total. The van der Waals surface area contributed by atoms with Crippen molar-refractivity contribution in [3.8, 4) is 11.4 Å². The Morgan fingerprint density at radius 3 is 2.69 bits per heavy atom. The van der Waals surface area contributed by atoms with Crippen LogP contribution in [0.25, 0.3) is 33.7 Å². The minimum absolute atomic E-state index is 0.0497. The number of rotatable bonds is 5. The Morgan fingerprint density at radius 1 is 1.21 bits per heavy atom. The van der Waals surface area contributed by atoms with Crippen LogP contribution in [0.15, 0.2) is 90.1 Å². The molecule has 1 heterocycles. The molecule has 0 saturated carbocycles. The maximum atomic E-state index is 6.24. The number of aliphatic imine (C=N–C) groups is 1. The highest BCUT2D eigenvalue weighted by molar-refractivity contribution is 6.22. The maximum absolute atomic E-state index is 6.24. The van der Waals surface area contributed by atoms with Gasteiger partial charge in [0.05, 0.1) is 16.4 Å². The average Bonchev–Trinajstić information content (AvgIpc) is 3.15. The molecule has 1 aliphatic rings. The number of alkyl halides is 1. The van der Waals surface area contributed by atoms with Crippen molar-refractivity contribution in [1.29, 1.82) is 0 Å². The molecule has 4 rings (SSSR count). The van der Waals surface area contributed by atoms with Gasteiger partial charge in [-0.25, -0.2) is 4.98 Å². The number of allylic oxidation sites excluding steroid dienone is 7. The lowest BCUT2D eigenvalue weighted by Crippen LogP contribution is -2.04. The largest absolute Gasteiger partial charge is 0.293 e. The van der Waals surface area contributed by atoms with E-state index in [2.05, 4.69) is 64.8 Å². The Kier molecular flexibility index (Phi) is 5.59. The molecule has 0 radical (unpaired) electrons. The van der Waals surface area contributed by atoms with Crippen molar-refractivity contribution < 1.29 is 0 Å². The van der Waals surface area contributed by atoms with Gasteiger partial charge in [0.15, 0.2) is 0 Å². The fraction of sp³-hybridized carbons (Fsp3) is 0.120. The van der Waals surface area contributed by atoms with E-state index in [0.29, 0.717) is 0 Å². The second-order valence-corrected chi connectivity index (χ2v) is 7.38. The molecule has 29 heavy (non-hydrogen) atoms. The zero-order valence-electron chi connectivity index (χ0n) is 16.3. The fourth-order valence-corrected chi connectivity index (χ4v) is 3.70. The van der Waals surface area contributed by atoms with Crippen molar-refractivity contribution in [1.82, 2.24) is 9.55 Å². The highest BCUT2D eigenvalue weighted by Crippen LogP contribution is 2.31. The molecule has 0 amide bonds. The molecule has 0 saturated heterocycles. The van der Waals surface area contributed by atoms with Crippen LogP contribution in [0.3, 0.4) is 0 Å². The standard InChI is InChI=1S/C25H22ClN3/c1-3-18(16-17-27-2)19-8-10-20(11-9-19)25-28-23-6-4-5-7-24(23)29(25)22-14-12-21(26)13-15-22/h3-12,14-17,21H,2,13H2,1H3/b17-16-,18-3+. The summed E-state index contributed by atoms with van der Waals surface area (Å²) in [5, 5.41) is 0.0497. The highest BCUT2D eigenvalue weighted by atomic mass is 35.5. The van der Waals surface area contributed by atoms with Crippen LogP contribution in [-0.2, 0) is 0 Å². The lowest BCUT2D eigenvalue weighted by atomic mass is 10.0. The van der Waals surface area contributed by atoms with Crippen LogP contribution < -0.4 is 0 Å². The second kappa shape index (κ2) is 8.46. The number of aromatic nitrogens is 2. The summed E-state index contributed by atoms with van der Waals surface area (Å²) in [6, 6.07) is 16.7. The maximum Gasteiger partial charge on any atom is 0.145 e. The first-order valence-electron chi connectivity index (χ1n) is 9.61. The number of para-hydroxylation sites is 2. The van der Waals surface area contributed by atoms with Crippen molar-refractivity contribution >= 4 is 40.6 Å². The molecule has 144 valence electrons. The quantitative estimate of drug-likeness (QED) is 0.266. The number of hydrogen-bond donors (Lipinski definition) is 0. The molecule has 0 N–H and O–H groups in total. The predicted molar refractivity (Wildman–Crippen MR) is 125 cm³/mol. The Balaban J connectivity index is 1.80. The molecular weight excluding hydrogens is 378 g/mol. The zero-order chi connectivity index (χ0) is 20.2. The van der Waals surface area contributed by atoms with Gasteiger partial charge in [0.2, 0.25) is 0 Å². The summed E-state index contributed by atoms with van der Waals surface area (Å²) in [7, 11) is 0. The van der Waals surface area contributed by atoms with Crippen molar-refractivity contribution in [2.75, 3.05) is 0 Å². The summed E-state index contributed by atoms with van der Waals surface area (Å²) >= 11 is 6.24. The number of halogens is 1. The van der Waals surface area contributed by atoms with Gasteiger partial charge in [0.25, 0.3) is 0 Å². The Labute approximate surface area is 176 Å². The van der Waals surface area contributed by atoms with E-state index in [1.54, 1.807) is 6.20 Å². The lowest BCUT2D eigenvalue weighted by molar-refractivity contribution is 1.02. The predicted octanol–water partition coefficient (Wildman–Crippen LogP) is 6.73. The first-order chi connectivity index (χ1) is 14.2. The van der Waals surface area contributed by atoms with Gasteiger partial charge in [-0.05, 0) is 55.5 Å². The van der Waals surface area contributed by atoms with E-state index in [-0.39, 0.29) is 5.38 Å². The molecule has 1 aromatic heterocycles. The summed E-state index contributed by atoms with van der Waals surface area (Å²) in [5.74, 6) is 0.923. The number of hydrogen-bond acceptors (Lipinski definition) is 2. The number of nitrogens with zero attached hydrogens (tertiary/aromatic N) is 3. The Hall–Kier alpha value is -3.17. The molecule has 0 bridgehead atoms. The summed E-state index contributed by atoms with van der Waals surface area (Å²) in [6.45, 7) is 5.52. The van der Waals surface area contributed by atoms with Gasteiger partial charge in [-0.1, -0.05) is 54.6 Å². The Bertz CT molecular complexity index is 1160. The summed E-state index contributed by atoms with van der Waals surface area (Å²) in [5.41, 5.74) is 6.45. The van der Waals surface area contributed by atoms with Crippen LogP contribution in [0, 0.1) is 0 Å². The fourth-order valence-electron chi connectivity index (χ4n) is 3.53. The summed E-state index contributed by atoms with van der Waals surface area (Å²) in [4.78, 5) is 8.73. The monoisotopic (exact) mass is 399 g/mol. The molecule has 4 heteroatoms. The first kappa shape index (κ1) is 19.2. The van der Waals surface area contributed by atoms with Crippen LogP contribution >= 0.6 is 11.6 Å². The number of benzene rings is 2. The van der Waals surface area contributed by atoms with E-state index in [1.807, 2.05) is 37.3 Å². The van der Waals surface area contributed by atoms with Crippen molar-refractivity contribution in [2.45, 2.75) is 18.7 Å². The van der Waals surface area contributed by atoms with Crippen LogP contribution in [0.2, 0.25) is 0 Å². The number of imidazole rings is 1. The second-order valence-electron chi connectivity index (χ2n) is 6.82. The number of fused-ring (bicyclic) bond motifs is 1. The van der Waals surface area contributed by atoms with E-state index in [0.717, 1.165) is 45.7 Å². The van der Waals surface area contributed by atoms with E-state index in [1.165, 1.54) is 0 Å².